The zero-order chi connectivity index (χ0) is 14.6. The van der Waals surface area contributed by atoms with E-state index in [1.807, 2.05) is 31.3 Å². The number of nitrogens with one attached hydrogen (secondary N) is 1. The Morgan fingerprint density at radius 1 is 1.40 bits per heavy atom. The molecule has 4 heteroatoms. The molecule has 1 aromatic carbocycles. The lowest BCUT2D eigenvalue weighted by molar-refractivity contribution is -0.127. The van der Waals surface area contributed by atoms with Crippen LogP contribution in [0.1, 0.15) is 26.2 Å². The van der Waals surface area contributed by atoms with Gasteiger partial charge in [-0.3, -0.25) is 4.79 Å². The van der Waals surface area contributed by atoms with E-state index in [0.717, 1.165) is 43.8 Å². The summed E-state index contributed by atoms with van der Waals surface area (Å²) in [6.07, 6.45) is 2.91. The molecule has 0 radical (unpaired) electrons. The Kier molecular flexibility index (Phi) is 4.65. The van der Waals surface area contributed by atoms with Gasteiger partial charge in [-0.05, 0) is 43.7 Å². The largest absolute Gasteiger partial charge is 0.497 e. The maximum Gasteiger partial charge on any atom is 0.234 e. The van der Waals surface area contributed by atoms with E-state index in [1.54, 1.807) is 12.0 Å². The first-order chi connectivity index (χ1) is 9.63. The summed E-state index contributed by atoms with van der Waals surface area (Å²) in [6, 6.07) is 7.63. The predicted molar refractivity (Wildman–Crippen MR) is 81.2 cm³/mol. The summed E-state index contributed by atoms with van der Waals surface area (Å²) in [7, 11) is 3.50. The molecule has 20 heavy (non-hydrogen) atoms. The fourth-order valence-electron chi connectivity index (χ4n) is 3.00. The van der Waals surface area contributed by atoms with Crippen LogP contribution in [0.5, 0.6) is 5.75 Å². The molecule has 0 aromatic heterocycles. The lowest BCUT2D eigenvalue weighted by atomic mass is 9.81. The summed E-state index contributed by atoms with van der Waals surface area (Å²) in [6.45, 7) is 3.86. The highest BCUT2D eigenvalue weighted by Crippen LogP contribution is 2.34. The third kappa shape index (κ3) is 2.80. The van der Waals surface area contributed by atoms with Gasteiger partial charge >= 0.3 is 0 Å². The second-order valence-corrected chi connectivity index (χ2v) is 5.52. The fourth-order valence-corrected chi connectivity index (χ4v) is 3.00. The molecular weight excluding hydrogens is 252 g/mol. The molecule has 2 rings (SSSR count). The second kappa shape index (κ2) is 6.27. The van der Waals surface area contributed by atoms with E-state index in [0.29, 0.717) is 0 Å². The summed E-state index contributed by atoms with van der Waals surface area (Å²) in [5.41, 5.74) is 0.682. The monoisotopic (exact) mass is 276 g/mol. The van der Waals surface area contributed by atoms with Crippen molar-refractivity contribution in [2.75, 3.05) is 32.1 Å². The maximum absolute atomic E-state index is 12.9. The number of hydrogen-bond acceptors (Lipinski definition) is 3. The first-order valence-electron chi connectivity index (χ1n) is 7.26. The molecule has 0 saturated carbocycles. The Labute approximate surface area is 121 Å². The van der Waals surface area contributed by atoms with Crippen LogP contribution in [-0.2, 0) is 4.79 Å². The lowest BCUT2D eigenvalue weighted by Gasteiger charge is -2.31. The van der Waals surface area contributed by atoms with Crippen LogP contribution >= 0.6 is 0 Å². The summed E-state index contributed by atoms with van der Waals surface area (Å²) in [4.78, 5) is 14.6. The van der Waals surface area contributed by atoms with E-state index in [9.17, 15) is 4.79 Å². The van der Waals surface area contributed by atoms with E-state index < -0.39 is 0 Å². The highest BCUT2D eigenvalue weighted by Gasteiger charge is 2.42. The zero-order valence-corrected chi connectivity index (χ0v) is 12.6. The third-order valence-electron chi connectivity index (χ3n) is 4.19. The first-order valence-corrected chi connectivity index (χ1v) is 7.26. The van der Waals surface area contributed by atoms with Gasteiger partial charge in [0.2, 0.25) is 5.91 Å². The quantitative estimate of drug-likeness (QED) is 0.898. The van der Waals surface area contributed by atoms with Crippen LogP contribution in [0.2, 0.25) is 0 Å². The van der Waals surface area contributed by atoms with Crippen molar-refractivity contribution in [1.82, 2.24) is 5.32 Å². The van der Waals surface area contributed by atoms with Gasteiger partial charge in [-0.15, -0.1) is 0 Å². The summed E-state index contributed by atoms with van der Waals surface area (Å²) < 4.78 is 5.15. The molecule has 1 aliphatic heterocycles. The number of rotatable bonds is 5. The molecule has 1 unspecified atom stereocenters. The second-order valence-electron chi connectivity index (χ2n) is 5.52. The standard InChI is InChI=1S/C16H24N2O2/c1-4-9-16(10-11-17-12-16)15(19)18(2)13-5-7-14(20-3)8-6-13/h5-8,17H,4,9-12H2,1-3H3. The van der Waals surface area contributed by atoms with Gasteiger partial charge in [-0.2, -0.15) is 0 Å². The number of methoxy groups -OCH3 is 1. The normalized spacial score (nSPS) is 21.8. The van der Waals surface area contributed by atoms with E-state index in [-0.39, 0.29) is 11.3 Å². The molecule has 1 heterocycles. The predicted octanol–water partition coefficient (Wildman–Crippen LogP) is 2.44. The van der Waals surface area contributed by atoms with Gasteiger partial charge in [0.05, 0.1) is 12.5 Å². The van der Waals surface area contributed by atoms with Gasteiger partial charge in [0, 0.05) is 19.3 Å². The molecule has 1 fully saturated rings. The Hall–Kier alpha value is -1.55. The topological polar surface area (TPSA) is 41.6 Å². The molecule has 4 nitrogen and oxygen atoms in total. The van der Waals surface area contributed by atoms with Crippen molar-refractivity contribution in [3.05, 3.63) is 24.3 Å². The molecule has 1 saturated heterocycles. The van der Waals surface area contributed by atoms with E-state index in [2.05, 4.69) is 12.2 Å². The van der Waals surface area contributed by atoms with Crippen molar-refractivity contribution in [3.8, 4) is 5.75 Å². The van der Waals surface area contributed by atoms with Crippen LogP contribution < -0.4 is 15.0 Å². The number of anilines is 1. The Bertz CT molecular complexity index is 450. The van der Waals surface area contributed by atoms with Gasteiger partial charge < -0.3 is 15.0 Å². The number of carbonyl (C=O) groups excluding carboxylic acids is 1. The van der Waals surface area contributed by atoms with Crippen LogP contribution in [-0.4, -0.2) is 33.2 Å². The molecule has 1 amide bonds. The summed E-state index contributed by atoms with van der Waals surface area (Å²) >= 11 is 0. The Morgan fingerprint density at radius 3 is 2.60 bits per heavy atom. The smallest absolute Gasteiger partial charge is 0.234 e. The zero-order valence-electron chi connectivity index (χ0n) is 12.6. The van der Waals surface area contributed by atoms with Crippen molar-refractivity contribution in [2.24, 2.45) is 5.41 Å². The number of nitrogens with zero attached hydrogens (tertiary/aromatic N) is 1. The average molecular weight is 276 g/mol. The number of benzene rings is 1. The van der Waals surface area contributed by atoms with E-state index in [4.69, 9.17) is 4.74 Å². The lowest BCUT2D eigenvalue weighted by Crippen LogP contribution is -2.43. The fraction of sp³-hybridized carbons (Fsp3) is 0.562. The minimum absolute atomic E-state index is 0.217. The molecule has 1 N–H and O–H groups in total. The molecule has 0 aliphatic carbocycles. The molecule has 1 aliphatic rings. The Morgan fingerprint density at radius 2 is 2.10 bits per heavy atom. The van der Waals surface area contributed by atoms with Crippen molar-refractivity contribution < 1.29 is 9.53 Å². The van der Waals surface area contributed by atoms with Crippen LogP contribution in [0.15, 0.2) is 24.3 Å². The van der Waals surface area contributed by atoms with Crippen LogP contribution in [0.3, 0.4) is 0 Å². The molecule has 0 bridgehead atoms. The van der Waals surface area contributed by atoms with E-state index in [1.165, 1.54) is 0 Å². The van der Waals surface area contributed by atoms with Gasteiger partial charge in [0.25, 0.3) is 0 Å². The van der Waals surface area contributed by atoms with Gasteiger partial charge in [-0.25, -0.2) is 0 Å². The number of carbonyl (C=O) groups is 1. The molecular formula is C16H24N2O2. The Balaban J connectivity index is 2.17. The SMILES string of the molecule is CCCC1(C(=O)N(C)c2ccc(OC)cc2)CCNC1. The molecule has 1 aromatic rings. The number of amides is 1. The highest BCUT2D eigenvalue weighted by molar-refractivity contribution is 5.97. The summed E-state index contributed by atoms with van der Waals surface area (Å²) in [5.74, 6) is 1.02. The minimum atomic E-state index is -0.233. The first kappa shape index (κ1) is 14.9. The van der Waals surface area contributed by atoms with Crippen molar-refractivity contribution in [1.29, 1.82) is 0 Å². The van der Waals surface area contributed by atoms with Crippen LogP contribution in [0, 0.1) is 5.41 Å². The van der Waals surface area contributed by atoms with Crippen molar-refractivity contribution in [2.45, 2.75) is 26.2 Å². The summed E-state index contributed by atoms with van der Waals surface area (Å²) in [5, 5.41) is 3.34. The highest BCUT2D eigenvalue weighted by atomic mass is 16.5. The minimum Gasteiger partial charge on any atom is -0.497 e. The third-order valence-corrected chi connectivity index (χ3v) is 4.19. The van der Waals surface area contributed by atoms with Crippen LogP contribution in [0.4, 0.5) is 5.69 Å². The molecule has 0 spiro atoms. The van der Waals surface area contributed by atoms with Gasteiger partial charge in [0.1, 0.15) is 5.75 Å². The van der Waals surface area contributed by atoms with Crippen LogP contribution in [0.25, 0.3) is 0 Å². The number of hydrogen-bond donors (Lipinski definition) is 1. The van der Waals surface area contributed by atoms with E-state index >= 15 is 0 Å². The molecule has 1 atom stereocenters. The van der Waals surface area contributed by atoms with Crippen molar-refractivity contribution >= 4 is 11.6 Å². The average Bonchev–Trinajstić information content (AvgIpc) is 2.96. The maximum atomic E-state index is 12.9. The molecule has 110 valence electrons. The van der Waals surface area contributed by atoms with Gasteiger partial charge in [-0.1, -0.05) is 13.3 Å². The number of ether oxygens (including phenoxy) is 1. The van der Waals surface area contributed by atoms with Crippen molar-refractivity contribution in [3.63, 3.8) is 0 Å². The van der Waals surface area contributed by atoms with Gasteiger partial charge in [0.15, 0.2) is 0 Å².